The zero-order valence-electron chi connectivity index (χ0n) is 14.8. The second-order valence-corrected chi connectivity index (χ2v) is 5.80. The maximum Gasteiger partial charge on any atom is 0.266 e. The molecule has 0 N–H and O–H groups in total. The zero-order chi connectivity index (χ0) is 19.7. The molecule has 0 atom stereocenters. The fourth-order valence-corrected chi connectivity index (χ4v) is 2.66. The van der Waals surface area contributed by atoms with Crippen molar-refractivity contribution >= 4 is 0 Å². The van der Waals surface area contributed by atoms with Gasteiger partial charge in [-0.25, -0.2) is 18.7 Å². The van der Waals surface area contributed by atoms with Gasteiger partial charge in [-0.15, -0.1) is 10.2 Å². The van der Waals surface area contributed by atoms with Gasteiger partial charge in [0, 0.05) is 23.5 Å². The molecule has 4 aromatic rings. The van der Waals surface area contributed by atoms with E-state index in [1.807, 2.05) is 0 Å². The van der Waals surface area contributed by atoms with Crippen LogP contribution in [0.1, 0.15) is 5.69 Å². The number of aromatic nitrogens is 5. The SMILES string of the molecule is COc1ccncc1-c1cc(-c2nnc(-c3ccc(F)cn3)o2)nc(C)c1F. The van der Waals surface area contributed by atoms with Gasteiger partial charge in [-0.05, 0) is 31.2 Å². The maximum atomic E-state index is 14.7. The third kappa shape index (κ3) is 3.18. The normalized spacial score (nSPS) is 10.9. The van der Waals surface area contributed by atoms with E-state index in [2.05, 4.69) is 25.1 Å². The second kappa shape index (κ2) is 7.10. The van der Waals surface area contributed by atoms with Crippen LogP contribution in [0.3, 0.4) is 0 Å². The monoisotopic (exact) mass is 381 g/mol. The van der Waals surface area contributed by atoms with Gasteiger partial charge < -0.3 is 9.15 Å². The Labute approximate surface area is 158 Å². The number of aryl methyl sites for hydroxylation is 1. The summed E-state index contributed by atoms with van der Waals surface area (Å²) in [5.74, 6) is -0.343. The van der Waals surface area contributed by atoms with Crippen molar-refractivity contribution in [2.45, 2.75) is 6.92 Å². The van der Waals surface area contributed by atoms with Crippen LogP contribution >= 0.6 is 0 Å². The summed E-state index contributed by atoms with van der Waals surface area (Å²) in [5.41, 5.74) is 1.45. The first kappa shape index (κ1) is 17.7. The molecule has 0 fully saturated rings. The minimum absolute atomic E-state index is 0.0772. The van der Waals surface area contributed by atoms with Crippen molar-refractivity contribution in [3.63, 3.8) is 0 Å². The molecule has 0 bridgehead atoms. The number of hydrogen-bond acceptors (Lipinski definition) is 7. The number of nitrogens with zero attached hydrogens (tertiary/aromatic N) is 5. The van der Waals surface area contributed by atoms with Crippen LogP contribution in [0.4, 0.5) is 8.78 Å². The molecule has 0 spiro atoms. The average Bonchev–Trinajstić information content (AvgIpc) is 3.21. The molecule has 0 saturated heterocycles. The van der Waals surface area contributed by atoms with E-state index in [1.165, 1.54) is 38.4 Å². The molecule has 0 amide bonds. The van der Waals surface area contributed by atoms with Crippen molar-refractivity contribution in [3.05, 3.63) is 60.2 Å². The third-order valence-corrected chi connectivity index (χ3v) is 4.01. The van der Waals surface area contributed by atoms with Crippen LogP contribution in [0.15, 0.2) is 47.3 Å². The molecule has 4 rings (SSSR count). The summed E-state index contributed by atoms with van der Waals surface area (Å²) in [6, 6.07) is 5.77. The van der Waals surface area contributed by atoms with Crippen LogP contribution in [0.5, 0.6) is 5.75 Å². The Hall–Kier alpha value is -3.75. The lowest BCUT2D eigenvalue weighted by molar-refractivity contribution is 0.415. The first-order chi connectivity index (χ1) is 13.6. The molecule has 9 heteroatoms. The number of rotatable bonds is 4. The maximum absolute atomic E-state index is 14.7. The Morgan fingerprint density at radius 1 is 0.964 bits per heavy atom. The first-order valence-corrected chi connectivity index (χ1v) is 8.18. The first-order valence-electron chi connectivity index (χ1n) is 8.18. The molecule has 28 heavy (non-hydrogen) atoms. The molecule has 0 aliphatic carbocycles. The second-order valence-electron chi connectivity index (χ2n) is 5.80. The van der Waals surface area contributed by atoms with Crippen LogP contribution in [0.25, 0.3) is 34.3 Å². The van der Waals surface area contributed by atoms with Gasteiger partial charge in [0.2, 0.25) is 0 Å². The Kier molecular flexibility index (Phi) is 4.48. The molecule has 0 radical (unpaired) electrons. The highest BCUT2D eigenvalue weighted by Gasteiger charge is 2.19. The van der Waals surface area contributed by atoms with Crippen molar-refractivity contribution in [1.82, 2.24) is 25.1 Å². The van der Waals surface area contributed by atoms with Crippen LogP contribution in [-0.2, 0) is 0 Å². The van der Waals surface area contributed by atoms with Crippen LogP contribution < -0.4 is 4.74 Å². The van der Waals surface area contributed by atoms with Gasteiger partial charge in [-0.2, -0.15) is 0 Å². The number of methoxy groups -OCH3 is 1. The topological polar surface area (TPSA) is 86.8 Å². The van der Waals surface area contributed by atoms with E-state index in [0.29, 0.717) is 17.0 Å². The lowest BCUT2D eigenvalue weighted by Gasteiger charge is -2.10. The van der Waals surface area contributed by atoms with Gasteiger partial charge in [0.05, 0.1) is 19.0 Å². The summed E-state index contributed by atoms with van der Waals surface area (Å²) >= 11 is 0. The molecule has 0 unspecified atom stereocenters. The predicted molar refractivity (Wildman–Crippen MR) is 95.2 cm³/mol. The van der Waals surface area contributed by atoms with Crippen molar-refractivity contribution < 1.29 is 17.9 Å². The highest BCUT2D eigenvalue weighted by molar-refractivity contribution is 5.73. The Bertz CT molecular complexity index is 1150. The molecular formula is C19H13F2N5O2. The molecule has 0 aromatic carbocycles. The molecule has 140 valence electrons. The number of pyridine rings is 3. The van der Waals surface area contributed by atoms with E-state index in [-0.39, 0.29) is 28.7 Å². The number of hydrogen-bond donors (Lipinski definition) is 0. The summed E-state index contributed by atoms with van der Waals surface area (Å²) < 4.78 is 38.7. The largest absolute Gasteiger partial charge is 0.496 e. The van der Waals surface area contributed by atoms with Crippen LogP contribution in [-0.4, -0.2) is 32.3 Å². The van der Waals surface area contributed by atoms with Gasteiger partial charge >= 0.3 is 0 Å². The predicted octanol–water partition coefficient (Wildman–Crippen LogP) is 3.85. The highest BCUT2D eigenvalue weighted by Crippen LogP contribution is 2.34. The fourth-order valence-electron chi connectivity index (χ4n) is 2.66. The summed E-state index contributed by atoms with van der Waals surface area (Å²) in [5, 5.41) is 7.86. The molecule has 0 aliphatic rings. The van der Waals surface area contributed by atoms with Gasteiger partial charge in [0.25, 0.3) is 11.8 Å². The smallest absolute Gasteiger partial charge is 0.266 e. The average molecular weight is 381 g/mol. The molecule has 0 saturated carbocycles. The van der Waals surface area contributed by atoms with Crippen LogP contribution in [0.2, 0.25) is 0 Å². The Morgan fingerprint density at radius 3 is 2.46 bits per heavy atom. The number of ether oxygens (including phenoxy) is 1. The minimum atomic E-state index is -0.505. The quantitative estimate of drug-likeness (QED) is 0.531. The van der Waals surface area contributed by atoms with Crippen molar-refractivity contribution in [3.8, 4) is 40.0 Å². The van der Waals surface area contributed by atoms with E-state index < -0.39 is 11.6 Å². The third-order valence-electron chi connectivity index (χ3n) is 4.01. The summed E-state index contributed by atoms with van der Waals surface area (Å²) in [6.07, 6.45) is 4.10. The summed E-state index contributed by atoms with van der Waals surface area (Å²) in [7, 11) is 1.49. The summed E-state index contributed by atoms with van der Waals surface area (Å²) in [4.78, 5) is 12.1. The van der Waals surface area contributed by atoms with Crippen LogP contribution in [0, 0.1) is 18.6 Å². The van der Waals surface area contributed by atoms with E-state index >= 15 is 0 Å². The molecule has 0 aliphatic heterocycles. The van der Waals surface area contributed by atoms with Crippen molar-refractivity contribution in [2.75, 3.05) is 7.11 Å². The zero-order valence-corrected chi connectivity index (χ0v) is 14.8. The standard InChI is InChI=1S/C19H13F2N5O2/c1-10-17(21)12(13-9-22-6-5-16(13)27-2)7-15(24-10)19-26-25-18(28-19)14-4-3-11(20)8-23-14/h3-9H,1-2H3. The van der Waals surface area contributed by atoms with E-state index in [1.54, 1.807) is 12.3 Å². The lowest BCUT2D eigenvalue weighted by Crippen LogP contribution is -1.98. The van der Waals surface area contributed by atoms with E-state index in [0.717, 1.165) is 6.20 Å². The molecule has 4 aromatic heterocycles. The Morgan fingerprint density at radius 2 is 1.75 bits per heavy atom. The fraction of sp³-hybridized carbons (Fsp3) is 0.105. The van der Waals surface area contributed by atoms with Gasteiger partial charge in [0.1, 0.15) is 23.0 Å². The highest BCUT2D eigenvalue weighted by atomic mass is 19.1. The Balaban J connectivity index is 1.79. The van der Waals surface area contributed by atoms with Crippen molar-refractivity contribution in [1.29, 1.82) is 0 Å². The number of halogens is 2. The summed E-state index contributed by atoms with van der Waals surface area (Å²) in [6.45, 7) is 1.53. The van der Waals surface area contributed by atoms with Crippen molar-refractivity contribution in [2.24, 2.45) is 0 Å². The van der Waals surface area contributed by atoms with E-state index in [4.69, 9.17) is 9.15 Å². The van der Waals surface area contributed by atoms with Gasteiger partial charge in [-0.1, -0.05) is 0 Å². The molecule has 7 nitrogen and oxygen atoms in total. The van der Waals surface area contributed by atoms with Gasteiger partial charge in [-0.3, -0.25) is 4.98 Å². The lowest BCUT2D eigenvalue weighted by atomic mass is 10.0. The van der Waals surface area contributed by atoms with Gasteiger partial charge in [0.15, 0.2) is 5.82 Å². The minimum Gasteiger partial charge on any atom is -0.496 e. The van der Waals surface area contributed by atoms with E-state index in [9.17, 15) is 8.78 Å². The molecular weight excluding hydrogens is 368 g/mol. The molecule has 4 heterocycles.